The monoisotopic (exact) mass is 458 g/mol. The fourth-order valence-electron chi connectivity index (χ4n) is 1.60. The van der Waals surface area contributed by atoms with Crippen molar-refractivity contribution in [2.75, 3.05) is 6.61 Å². The van der Waals surface area contributed by atoms with Crippen LogP contribution in [0.3, 0.4) is 0 Å². The van der Waals surface area contributed by atoms with Gasteiger partial charge >= 0.3 is 0 Å². The molecule has 0 atom stereocenters. The summed E-state index contributed by atoms with van der Waals surface area (Å²) in [4.78, 5) is 0.197. The molecule has 0 unspecified atom stereocenters. The van der Waals surface area contributed by atoms with Gasteiger partial charge in [0.2, 0.25) is 0 Å². The summed E-state index contributed by atoms with van der Waals surface area (Å²) in [7, 11) is -3.64. The van der Waals surface area contributed by atoms with Crippen LogP contribution in [-0.2, 0) is 14.3 Å². The molecule has 0 saturated heterocycles. The highest BCUT2D eigenvalue weighted by molar-refractivity contribution is 9.28. The number of unbranched alkanes of at least 4 members (excludes halogenated alkanes) is 2. The van der Waals surface area contributed by atoms with Gasteiger partial charge in [0.1, 0.15) is 0 Å². The second-order valence-corrected chi connectivity index (χ2v) is 9.29. The van der Waals surface area contributed by atoms with E-state index in [0.29, 0.717) is 6.42 Å². The van der Waals surface area contributed by atoms with Crippen LogP contribution >= 0.6 is 43.5 Å². The molecule has 0 radical (unpaired) electrons. The molecule has 1 rings (SSSR count). The van der Waals surface area contributed by atoms with Crippen LogP contribution in [0.4, 0.5) is 0 Å². The van der Waals surface area contributed by atoms with Gasteiger partial charge in [0.25, 0.3) is 10.1 Å². The predicted molar refractivity (Wildman–Crippen MR) is 93.5 cm³/mol. The van der Waals surface area contributed by atoms with Crippen molar-refractivity contribution in [3.8, 4) is 0 Å². The molecule has 3 nitrogen and oxygen atoms in total. The van der Waals surface area contributed by atoms with Crippen LogP contribution < -0.4 is 0 Å². The summed E-state index contributed by atoms with van der Waals surface area (Å²) in [6.45, 7) is 2.09. The maximum atomic E-state index is 11.9. The molecule has 0 aliphatic carbocycles. The lowest BCUT2D eigenvalue weighted by Crippen LogP contribution is -2.07. The number of allylic oxidation sites excluding steroid dienone is 1. The Morgan fingerprint density at radius 2 is 1.76 bits per heavy atom. The lowest BCUT2D eigenvalue weighted by atomic mass is 10.2. The van der Waals surface area contributed by atoms with E-state index in [0.717, 1.165) is 33.2 Å². The van der Waals surface area contributed by atoms with Crippen molar-refractivity contribution in [2.45, 2.75) is 37.5 Å². The van der Waals surface area contributed by atoms with Crippen LogP contribution in [0.25, 0.3) is 0 Å². The Labute approximate surface area is 148 Å². The third-order valence-electron chi connectivity index (χ3n) is 2.79. The fourth-order valence-corrected chi connectivity index (χ4v) is 3.07. The first-order chi connectivity index (χ1) is 9.83. The van der Waals surface area contributed by atoms with Crippen LogP contribution in [0, 0.1) is 6.92 Å². The summed E-state index contributed by atoms with van der Waals surface area (Å²) >= 11 is 12.4. The van der Waals surface area contributed by atoms with E-state index in [1.807, 2.05) is 6.92 Å². The average Bonchev–Trinajstić information content (AvgIpc) is 2.42. The molecule has 0 spiro atoms. The first-order valence-electron chi connectivity index (χ1n) is 6.48. The van der Waals surface area contributed by atoms with Gasteiger partial charge in [-0.05, 0) is 70.2 Å². The molecule has 0 N–H and O–H groups in total. The molecule has 0 amide bonds. The first-order valence-corrected chi connectivity index (χ1v) is 9.86. The molecule has 21 heavy (non-hydrogen) atoms. The molecule has 0 bridgehead atoms. The smallest absolute Gasteiger partial charge is 0.266 e. The highest BCUT2D eigenvalue weighted by Crippen LogP contribution is 2.26. The molecule has 0 heterocycles. The van der Waals surface area contributed by atoms with Gasteiger partial charge in [-0.2, -0.15) is 8.42 Å². The highest BCUT2D eigenvalue weighted by atomic mass is 79.9. The second kappa shape index (κ2) is 9.30. The Bertz CT molecular complexity index is 579. The van der Waals surface area contributed by atoms with E-state index < -0.39 is 10.1 Å². The minimum Gasteiger partial charge on any atom is -0.266 e. The van der Waals surface area contributed by atoms with Gasteiger partial charge in [-0.15, -0.1) is 0 Å². The Hall–Kier alpha value is 0.120. The van der Waals surface area contributed by atoms with Crippen LogP contribution in [0.15, 0.2) is 37.6 Å². The van der Waals surface area contributed by atoms with Crippen LogP contribution in [-0.4, -0.2) is 15.0 Å². The zero-order chi connectivity index (χ0) is 15.9. The van der Waals surface area contributed by atoms with Gasteiger partial charge in [-0.25, -0.2) is 0 Å². The predicted octanol–water partition coefficient (Wildman–Crippen LogP) is 5.46. The third kappa shape index (κ3) is 7.28. The molecule has 1 aromatic rings. The number of benzene rings is 1. The van der Waals surface area contributed by atoms with E-state index >= 15 is 0 Å². The molecule has 1 aromatic carbocycles. The van der Waals surface area contributed by atoms with Gasteiger partial charge in [-0.1, -0.05) is 35.7 Å². The molecular weight excluding hydrogens is 443 g/mol. The van der Waals surface area contributed by atoms with Gasteiger partial charge in [0.05, 0.1) is 14.9 Å². The van der Waals surface area contributed by atoms with Crippen molar-refractivity contribution < 1.29 is 12.6 Å². The van der Waals surface area contributed by atoms with Gasteiger partial charge in [-0.3, -0.25) is 4.18 Å². The molecule has 7 heteroatoms. The Morgan fingerprint density at radius 3 is 2.33 bits per heavy atom. The summed E-state index contributed by atoms with van der Waals surface area (Å²) in [5.74, 6) is 0. The molecule has 0 saturated carbocycles. The third-order valence-corrected chi connectivity index (χ3v) is 5.91. The van der Waals surface area contributed by atoms with Crippen LogP contribution in [0.1, 0.15) is 31.2 Å². The Balaban J connectivity index is 2.32. The number of hydrogen-bond acceptors (Lipinski definition) is 3. The van der Waals surface area contributed by atoms with E-state index in [1.54, 1.807) is 24.3 Å². The maximum Gasteiger partial charge on any atom is 0.296 e. The average molecular weight is 461 g/mol. The van der Waals surface area contributed by atoms with E-state index in [9.17, 15) is 8.42 Å². The van der Waals surface area contributed by atoms with Crippen molar-refractivity contribution >= 4 is 53.6 Å². The fraction of sp³-hybridized carbons (Fsp3) is 0.429. The zero-order valence-electron chi connectivity index (χ0n) is 11.6. The maximum absolute atomic E-state index is 11.9. The molecule has 0 aliphatic heterocycles. The minimum atomic E-state index is -3.64. The molecule has 0 fully saturated rings. The lowest BCUT2D eigenvalue weighted by molar-refractivity contribution is 0.307. The molecule has 118 valence electrons. The largest absolute Gasteiger partial charge is 0.296 e. The van der Waals surface area contributed by atoms with E-state index in [2.05, 4.69) is 31.9 Å². The topological polar surface area (TPSA) is 43.4 Å². The quantitative estimate of drug-likeness (QED) is 0.382. The number of rotatable bonds is 8. The number of hydrogen-bond donors (Lipinski definition) is 0. The zero-order valence-corrected chi connectivity index (χ0v) is 16.4. The van der Waals surface area contributed by atoms with Gasteiger partial charge < -0.3 is 0 Å². The highest BCUT2D eigenvalue weighted by Gasteiger charge is 2.14. The van der Waals surface area contributed by atoms with Crippen molar-refractivity contribution in [1.82, 2.24) is 0 Å². The number of aryl methyl sites for hydroxylation is 1. The standard InChI is InChI=1S/C14H17Br2ClO3S/c1-11-6-8-12(9-7-11)21(18,19)20-10-4-2-3-5-13(17)14(15)16/h6-9H,2-5,10H2,1H3. The van der Waals surface area contributed by atoms with Crippen molar-refractivity contribution in [2.24, 2.45) is 0 Å². The Kier molecular flexibility index (Phi) is 8.49. The normalized spacial score (nSPS) is 11.4. The summed E-state index contributed by atoms with van der Waals surface area (Å²) < 4.78 is 29.6. The van der Waals surface area contributed by atoms with Crippen LogP contribution in [0.5, 0.6) is 0 Å². The van der Waals surface area contributed by atoms with E-state index in [1.165, 1.54) is 0 Å². The summed E-state index contributed by atoms with van der Waals surface area (Å²) in [6.07, 6.45) is 3.16. The summed E-state index contributed by atoms with van der Waals surface area (Å²) in [5, 5.41) is 0.725. The molecule has 0 aromatic heterocycles. The Morgan fingerprint density at radius 1 is 1.14 bits per heavy atom. The van der Waals surface area contributed by atoms with Gasteiger partial charge in [0.15, 0.2) is 0 Å². The number of halogens is 3. The SMILES string of the molecule is Cc1ccc(S(=O)(=O)OCCCCCC(Cl)=C(Br)Br)cc1. The second-order valence-electron chi connectivity index (χ2n) is 4.57. The molecular formula is C14H17Br2ClO3S. The summed E-state index contributed by atoms with van der Waals surface area (Å²) in [6, 6.07) is 6.62. The van der Waals surface area contributed by atoms with Crippen molar-refractivity contribution in [1.29, 1.82) is 0 Å². The first kappa shape index (κ1) is 19.2. The van der Waals surface area contributed by atoms with E-state index in [4.69, 9.17) is 15.8 Å². The lowest BCUT2D eigenvalue weighted by Gasteiger charge is -2.06. The minimum absolute atomic E-state index is 0.188. The van der Waals surface area contributed by atoms with Crippen molar-refractivity contribution in [3.05, 3.63) is 38.3 Å². The van der Waals surface area contributed by atoms with E-state index in [-0.39, 0.29) is 11.5 Å². The van der Waals surface area contributed by atoms with Gasteiger partial charge in [0, 0.05) is 5.03 Å². The summed E-state index contributed by atoms with van der Waals surface area (Å²) in [5.41, 5.74) is 1.01. The van der Waals surface area contributed by atoms with Crippen LogP contribution in [0.2, 0.25) is 0 Å². The van der Waals surface area contributed by atoms with Crippen molar-refractivity contribution in [3.63, 3.8) is 0 Å². The molecule has 0 aliphatic rings.